The van der Waals surface area contributed by atoms with E-state index >= 15 is 0 Å². The average molecular weight is 453 g/mol. The van der Waals surface area contributed by atoms with Gasteiger partial charge in [0.2, 0.25) is 0 Å². The first-order valence-electron chi connectivity index (χ1n) is 12.9. The standard InChI is InChI=1S/C27H48O5/c1-3-5-7-8-9-10-11-12-13-14-15-16-17-18-20-22-27(30)32-25(23-28)24-31-26(29)21-19-6-4-2/h9-10,12-13,25,28H,3-8,11,14-24H2,1-2H3/b10-9-,13-12-. The largest absolute Gasteiger partial charge is 0.462 e. The first-order chi connectivity index (χ1) is 15.6. The molecule has 32 heavy (non-hydrogen) atoms. The van der Waals surface area contributed by atoms with Crippen LogP contribution in [0.2, 0.25) is 0 Å². The van der Waals surface area contributed by atoms with Crippen LogP contribution in [0.25, 0.3) is 0 Å². The van der Waals surface area contributed by atoms with Crippen LogP contribution in [-0.4, -0.2) is 36.4 Å². The Kier molecular flexibility index (Phi) is 22.8. The highest BCUT2D eigenvalue weighted by Crippen LogP contribution is 2.10. The number of carbonyl (C=O) groups excluding carboxylic acids is 2. The molecule has 0 bridgehead atoms. The van der Waals surface area contributed by atoms with E-state index in [-0.39, 0.29) is 25.2 Å². The van der Waals surface area contributed by atoms with E-state index in [0.717, 1.165) is 51.4 Å². The zero-order valence-electron chi connectivity index (χ0n) is 20.7. The molecule has 1 atom stereocenters. The molecule has 0 aliphatic carbocycles. The first kappa shape index (κ1) is 30.4. The van der Waals surface area contributed by atoms with E-state index in [4.69, 9.17) is 9.47 Å². The third-order valence-electron chi connectivity index (χ3n) is 5.25. The van der Waals surface area contributed by atoms with Crippen molar-refractivity contribution in [1.82, 2.24) is 0 Å². The van der Waals surface area contributed by atoms with Gasteiger partial charge in [-0.15, -0.1) is 0 Å². The molecule has 0 aromatic heterocycles. The van der Waals surface area contributed by atoms with Crippen LogP contribution in [0.15, 0.2) is 24.3 Å². The fourth-order valence-corrected chi connectivity index (χ4v) is 3.23. The molecule has 0 aromatic carbocycles. The van der Waals surface area contributed by atoms with Gasteiger partial charge in [-0.1, -0.05) is 83.1 Å². The Morgan fingerprint density at radius 3 is 1.91 bits per heavy atom. The molecule has 186 valence electrons. The van der Waals surface area contributed by atoms with Crippen LogP contribution in [0.1, 0.15) is 117 Å². The lowest BCUT2D eigenvalue weighted by Crippen LogP contribution is -2.28. The molecule has 1 unspecified atom stereocenters. The second-order valence-electron chi connectivity index (χ2n) is 8.42. The highest BCUT2D eigenvalue weighted by molar-refractivity contribution is 5.70. The first-order valence-corrected chi connectivity index (χ1v) is 12.9. The molecule has 0 spiro atoms. The highest BCUT2D eigenvalue weighted by Gasteiger charge is 2.15. The zero-order valence-corrected chi connectivity index (χ0v) is 20.7. The summed E-state index contributed by atoms with van der Waals surface area (Å²) in [6, 6.07) is 0. The second kappa shape index (κ2) is 24.0. The van der Waals surface area contributed by atoms with E-state index in [1.807, 2.05) is 0 Å². The summed E-state index contributed by atoms with van der Waals surface area (Å²) in [5, 5.41) is 9.33. The van der Waals surface area contributed by atoms with Gasteiger partial charge in [0.05, 0.1) is 6.61 Å². The third-order valence-corrected chi connectivity index (χ3v) is 5.25. The van der Waals surface area contributed by atoms with Gasteiger partial charge in [-0.25, -0.2) is 0 Å². The van der Waals surface area contributed by atoms with Crippen molar-refractivity contribution in [2.24, 2.45) is 0 Å². The SMILES string of the molecule is CCCCC/C=C\C/C=C\CCCCCCCC(=O)OC(CO)COC(=O)CCCCC. The molecule has 0 fully saturated rings. The summed E-state index contributed by atoms with van der Waals surface area (Å²) in [6.45, 7) is 3.89. The number of aliphatic hydroxyl groups excluding tert-OH is 1. The molecule has 1 N–H and O–H groups in total. The van der Waals surface area contributed by atoms with Crippen LogP contribution in [0.3, 0.4) is 0 Å². The number of carbonyl (C=O) groups is 2. The predicted molar refractivity (Wildman–Crippen MR) is 131 cm³/mol. The van der Waals surface area contributed by atoms with Gasteiger partial charge in [-0.05, 0) is 44.9 Å². The number of ether oxygens (including phenoxy) is 2. The van der Waals surface area contributed by atoms with Crippen LogP contribution in [-0.2, 0) is 19.1 Å². The summed E-state index contributed by atoms with van der Waals surface area (Å²) < 4.78 is 10.3. The number of esters is 2. The second-order valence-corrected chi connectivity index (χ2v) is 8.42. The molecular weight excluding hydrogens is 404 g/mol. The maximum absolute atomic E-state index is 11.9. The molecule has 0 heterocycles. The van der Waals surface area contributed by atoms with Crippen LogP contribution in [0, 0.1) is 0 Å². The lowest BCUT2D eigenvalue weighted by molar-refractivity contribution is -0.161. The molecular formula is C27H48O5. The number of hydrogen-bond donors (Lipinski definition) is 1. The van der Waals surface area contributed by atoms with E-state index in [9.17, 15) is 14.7 Å². The van der Waals surface area contributed by atoms with Gasteiger partial charge in [0.1, 0.15) is 6.61 Å². The minimum absolute atomic E-state index is 0.0740. The van der Waals surface area contributed by atoms with Crippen molar-refractivity contribution in [2.75, 3.05) is 13.2 Å². The Morgan fingerprint density at radius 1 is 0.719 bits per heavy atom. The number of rotatable bonds is 22. The maximum Gasteiger partial charge on any atom is 0.306 e. The minimum Gasteiger partial charge on any atom is -0.462 e. The molecule has 0 aliphatic rings. The van der Waals surface area contributed by atoms with Gasteiger partial charge in [0.25, 0.3) is 0 Å². The molecule has 5 heteroatoms. The Balaban J connectivity index is 3.61. The normalized spacial score (nSPS) is 12.5. The van der Waals surface area contributed by atoms with Crippen molar-refractivity contribution >= 4 is 11.9 Å². The molecule has 0 saturated carbocycles. The number of aliphatic hydroxyl groups is 1. The molecule has 0 aliphatic heterocycles. The minimum atomic E-state index is -0.768. The molecule has 5 nitrogen and oxygen atoms in total. The van der Waals surface area contributed by atoms with E-state index in [2.05, 4.69) is 38.2 Å². The van der Waals surface area contributed by atoms with Gasteiger partial charge in [0, 0.05) is 12.8 Å². The summed E-state index contributed by atoms with van der Waals surface area (Å²) in [7, 11) is 0. The van der Waals surface area contributed by atoms with Crippen LogP contribution >= 0.6 is 0 Å². The summed E-state index contributed by atoms with van der Waals surface area (Å²) in [5.41, 5.74) is 0. The Labute approximate surface area is 196 Å². The van der Waals surface area contributed by atoms with Crippen molar-refractivity contribution in [2.45, 2.75) is 123 Å². The van der Waals surface area contributed by atoms with Crippen LogP contribution < -0.4 is 0 Å². The number of unbranched alkanes of at least 4 members (excludes halogenated alkanes) is 10. The fourth-order valence-electron chi connectivity index (χ4n) is 3.23. The molecule has 0 amide bonds. The third kappa shape index (κ3) is 21.6. The topological polar surface area (TPSA) is 72.8 Å². The van der Waals surface area contributed by atoms with Crippen molar-refractivity contribution < 1.29 is 24.2 Å². The summed E-state index contributed by atoms with van der Waals surface area (Å²) in [6.07, 6.45) is 24.3. The molecule has 0 aromatic rings. The smallest absolute Gasteiger partial charge is 0.306 e. The van der Waals surface area contributed by atoms with Gasteiger partial charge in [-0.2, -0.15) is 0 Å². The number of hydrogen-bond acceptors (Lipinski definition) is 5. The summed E-state index contributed by atoms with van der Waals surface area (Å²) in [4.78, 5) is 23.5. The average Bonchev–Trinajstić information content (AvgIpc) is 2.79. The quantitative estimate of drug-likeness (QED) is 0.111. The van der Waals surface area contributed by atoms with E-state index < -0.39 is 6.10 Å². The molecule has 0 radical (unpaired) electrons. The Bertz CT molecular complexity index is 498. The maximum atomic E-state index is 11.9. The molecule has 0 rings (SSSR count). The highest BCUT2D eigenvalue weighted by atomic mass is 16.6. The summed E-state index contributed by atoms with van der Waals surface area (Å²) >= 11 is 0. The van der Waals surface area contributed by atoms with E-state index in [1.165, 1.54) is 38.5 Å². The van der Waals surface area contributed by atoms with Gasteiger partial charge in [-0.3, -0.25) is 9.59 Å². The fraction of sp³-hybridized carbons (Fsp3) is 0.778. The molecule has 0 saturated heterocycles. The lowest BCUT2D eigenvalue weighted by atomic mass is 10.1. The van der Waals surface area contributed by atoms with Gasteiger partial charge < -0.3 is 14.6 Å². The van der Waals surface area contributed by atoms with Gasteiger partial charge >= 0.3 is 11.9 Å². The van der Waals surface area contributed by atoms with Crippen molar-refractivity contribution in [3.8, 4) is 0 Å². The van der Waals surface area contributed by atoms with E-state index in [0.29, 0.717) is 12.8 Å². The zero-order chi connectivity index (χ0) is 23.7. The van der Waals surface area contributed by atoms with E-state index in [1.54, 1.807) is 0 Å². The Hall–Kier alpha value is -1.62. The number of allylic oxidation sites excluding steroid dienone is 4. The van der Waals surface area contributed by atoms with Crippen molar-refractivity contribution in [3.05, 3.63) is 24.3 Å². The van der Waals surface area contributed by atoms with Crippen LogP contribution in [0.5, 0.6) is 0 Å². The van der Waals surface area contributed by atoms with Crippen molar-refractivity contribution in [1.29, 1.82) is 0 Å². The monoisotopic (exact) mass is 452 g/mol. The van der Waals surface area contributed by atoms with Gasteiger partial charge in [0.15, 0.2) is 6.10 Å². The van der Waals surface area contributed by atoms with Crippen LogP contribution in [0.4, 0.5) is 0 Å². The predicted octanol–water partition coefficient (Wildman–Crippen LogP) is 6.83. The Morgan fingerprint density at radius 2 is 1.25 bits per heavy atom. The summed E-state index contributed by atoms with van der Waals surface area (Å²) in [5.74, 6) is -0.640. The lowest BCUT2D eigenvalue weighted by Gasteiger charge is -2.15. The van der Waals surface area contributed by atoms with Crippen molar-refractivity contribution in [3.63, 3.8) is 0 Å².